The molecule has 9 heteroatoms. The SMILES string of the molecule is Cl.N#Cc1nc2c(c(NCCc3ccccc3Cl)n1)CCN(C(=O)NC1CCCCC1)C2. The highest BCUT2D eigenvalue weighted by Gasteiger charge is 2.27. The number of fused-ring (bicyclic) bond motifs is 1. The molecule has 1 aromatic carbocycles. The molecular formula is C23H28Cl2N6O. The molecule has 1 fully saturated rings. The summed E-state index contributed by atoms with van der Waals surface area (Å²) in [5.74, 6) is 0.800. The van der Waals surface area contributed by atoms with E-state index in [1.54, 1.807) is 4.90 Å². The summed E-state index contributed by atoms with van der Waals surface area (Å²) in [4.78, 5) is 23.3. The maximum atomic E-state index is 12.8. The van der Waals surface area contributed by atoms with Gasteiger partial charge in [-0.05, 0) is 37.3 Å². The van der Waals surface area contributed by atoms with Crippen LogP contribution in [0, 0.1) is 11.3 Å². The van der Waals surface area contributed by atoms with Gasteiger partial charge in [-0.25, -0.2) is 14.8 Å². The lowest BCUT2D eigenvalue weighted by atomic mass is 9.95. The van der Waals surface area contributed by atoms with Crippen molar-refractivity contribution in [2.24, 2.45) is 0 Å². The van der Waals surface area contributed by atoms with Crippen LogP contribution >= 0.6 is 24.0 Å². The number of carbonyl (C=O) groups excluding carboxylic acids is 1. The van der Waals surface area contributed by atoms with Crippen molar-refractivity contribution < 1.29 is 4.79 Å². The monoisotopic (exact) mass is 474 g/mol. The van der Waals surface area contributed by atoms with E-state index < -0.39 is 0 Å². The van der Waals surface area contributed by atoms with Gasteiger partial charge in [0.05, 0.1) is 12.2 Å². The zero-order valence-corrected chi connectivity index (χ0v) is 19.5. The first-order chi connectivity index (χ1) is 15.1. The summed E-state index contributed by atoms with van der Waals surface area (Å²) >= 11 is 6.24. The van der Waals surface area contributed by atoms with Crippen LogP contribution in [0.15, 0.2) is 24.3 Å². The molecule has 0 saturated heterocycles. The second-order valence-electron chi connectivity index (χ2n) is 8.16. The molecule has 0 unspecified atom stereocenters. The van der Waals surface area contributed by atoms with E-state index in [1.165, 1.54) is 19.3 Å². The van der Waals surface area contributed by atoms with Crippen molar-refractivity contribution in [3.63, 3.8) is 0 Å². The number of amides is 2. The molecule has 1 aliphatic carbocycles. The summed E-state index contributed by atoms with van der Waals surface area (Å²) < 4.78 is 0. The number of hydrogen-bond donors (Lipinski definition) is 2. The van der Waals surface area contributed by atoms with Gasteiger partial charge in [0.2, 0.25) is 5.82 Å². The molecule has 170 valence electrons. The second kappa shape index (κ2) is 11.3. The first-order valence-corrected chi connectivity index (χ1v) is 11.3. The number of urea groups is 1. The van der Waals surface area contributed by atoms with E-state index >= 15 is 0 Å². The lowest BCUT2D eigenvalue weighted by Crippen LogP contribution is -2.47. The van der Waals surface area contributed by atoms with Crippen LogP contribution in [-0.2, 0) is 19.4 Å². The Kier molecular flexibility index (Phi) is 8.54. The van der Waals surface area contributed by atoms with Gasteiger partial charge in [0, 0.05) is 29.7 Å². The minimum atomic E-state index is -0.0390. The molecule has 2 amide bonds. The lowest BCUT2D eigenvalue weighted by Gasteiger charge is -2.32. The molecule has 0 atom stereocenters. The molecular weight excluding hydrogens is 447 g/mol. The molecule has 2 heterocycles. The fourth-order valence-corrected chi connectivity index (χ4v) is 4.56. The number of rotatable bonds is 5. The summed E-state index contributed by atoms with van der Waals surface area (Å²) in [6.07, 6.45) is 7.12. The van der Waals surface area contributed by atoms with E-state index in [-0.39, 0.29) is 30.3 Å². The van der Waals surface area contributed by atoms with Crippen LogP contribution in [0.1, 0.15) is 54.7 Å². The first-order valence-electron chi connectivity index (χ1n) is 11.0. The predicted octanol–water partition coefficient (Wildman–Crippen LogP) is 4.48. The zero-order valence-electron chi connectivity index (χ0n) is 17.9. The number of nitriles is 1. The summed E-state index contributed by atoms with van der Waals surface area (Å²) in [7, 11) is 0. The maximum absolute atomic E-state index is 12.8. The Bertz CT molecular complexity index is 987. The first kappa shape index (κ1) is 24.1. The molecule has 7 nitrogen and oxygen atoms in total. The predicted molar refractivity (Wildman–Crippen MR) is 127 cm³/mol. The number of nitrogens with one attached hydrogen (secondary N) is 2. The smallest absolute Gasteiger partial charge is 0.317 e. The fourth-order valence-electron chi connectivity index (χ4n) is 4.33. The van der Waals surface area contributed by atoms with E-state index in [9.17, 15) is 10.1 Å². The number of anilines is 1. The van der Waals surface area contributed by atoms with Crippen LogP contribution in [-0.4, -0.2) is 40.0 Å². The minimum absolute atomic E-state index is 0. The topological polar surface area (TPSA) is 93.9 Å². The Morgan fingerprint density at radius 2 is 2.00 bits per heavy atom. The average Bonchev–Trinajstić information content (AvgIpc) is 2.80. The molecule has 1 aromatic heterocycles. The Labute approximate surface area is 200 Å². The summed E-state index contributed by atoms with van der Waals surface area (Å²) in [6.45, 7) is 1.65. The normalized spacial score (nSPS) is 15.8. The van der Waals surface area contributed by atoms with Crippen LogP contribution in [0.2, 0.25) is 5.02 Å². The van der Waals surface area contributed by atoms with Crippen LogP contribution in [0.4, 0.5) is 10.6 Å². The molecule has 1 aliphatic heterocycles. The molecule has 2 aliphatic rings. The molecule has 0 radical (unpaired) electrons. The van der Waals surface area contributed by atoms with Crippen molar-refractivity contribution in [1.29, 1.82) is 5.26 Å². The van der Waals surface area contributed by atoms with Gasteiger partial charge >= 0.3 is 6.03 Å². The van der Waals surface area contributed by atoms with Gasteiger partial charge in [-0.3, -0.25) is 0 Å². The Morgan fingerprint density at radius 3 is 2.75 bits per heavy atom. The van der Waals surface area contributed by atoms with E-state index in [1.807, 2.05) is 30.3 Å². The maximum Gasteiger partial charge on any atom is 0.317 e. The van der Waals surface area contributed by atoms with Crippen molar-refractivity contribution in [1.82, 2.24) is 20.2 Å². The number of benzene rings is 1. The average molecular weight is 475 g/mol. The van der Waals surface area contributed by atoms with Crippen molar-refractivity contribution in [2.75, 3.05) is 18.4 Å². The summed E-state index contributed by atoms with van der Waals surface area (Å²) in [5.41, 5.74) is 2.79. The summed E-state index contributed by atoms with van der Waals surface area (Å²) in [6, 6.07) is 10.0. The number of aromatic nitrogens is 2. The van der Waals surface area contributed by atoms with E-state index in [0.717, 1.165) is 41.1 Å². The van der Waals surface area contributed by atoms with E-state index in [2.05, 4.69) is 20.6 Å². The number of hydrogen-bond acceptors (Lipinski definition) is 5. The number of nitrogens with zero attached hydrogens (tertiary/aromatic N) is 4. The number of halogens is 2. The van der Waals surface area contributed by atoms with Crippen LogP contribution < -0.4 is 10.6 Å². The highest BCUT2D eigenvalue weighted by molar-refractivity contribution is 6.31. The van der Waals surface area contributed by atoms with Crippen LogP contribution in [0.25, 0.3) is 0 Å². The Hall–Kier alpha value is -2.56. The van der Waals surface area contributed by atoms with Gasteiger partial charge < -0.3 is 15.5 Å². The second-order valence-corrected chi connectivity index (χ2v) is 8.56. The highest BCUT2D eigenvalue weighted by atomic mass is 35.5. The molecule has 0 bridgehead atoms. The van der Waals surface area contributed by atoms with Crippen LogP contribution in [0.5, 0.6) is 0 Å². The van der Waals surface area contributed by atoms with Gasteiger partial charge in [-0.15, -0.1) is 12.4 Å². The van der Waals surface area contributed by atoms with Crippen molar-refractivity contribution >= 4 is 35.9 Å². The summed E-state index contributed by atoms with van der Waals surface area (Å²) in [5, 5.41) is 16.6. The van der Waals surface area contributed by atoms with Gasteiger partial charge in [-0.2, -0.15) is 5.26 Å². The van der Waals surface area contributed by atoms with Gasteiger partial charge in [0.15, 0.2) is 0 Å². The van der Waals surface area contributed by atoms with Crippen LogP contribution in [0.3, 0.4) is 0 Å². The Balaban J connectivity index is 0.00000289. The van der Waals surface area contributed by atoms with Gasteiger partial charge in [-0.1, -0.05) is 49.1 Å². The molecule has 32 heavy (non-hydrogen) atoms. The quantitative estimate of drug-likeness (QED) is 0.665. The van der Waals surface area contributed by atoms with Gasteiger partial charge in [0.1, 0.15) is 11.9 Å². The van der Waals surface area contributed by atoms with Crippen molar-refractivity contribution in [3.8, 4) is 6.07 Å². The molecule has 2 N–H and O–H groups in total. The molecule has 1 saturated carbocycles. The molecule has 2 aromatic rings. The third kappa shape index (κ3) is 5.81. The van der Waals surface area contributed by atoms with Crippen molar-refractivity contribution in [2.45, 2.75) is 57.5 Å². The largest absolute Gasteiger partial charge is 0.369 e. The van der Waals surface area contributed by atoms with Gasteiger partial charge in [0.25, 0.3) is 0 Å². The minimum Gasteiger partial charge on any atom is -0.369 e. The third-order valence-corrected chi connectivity index (χ3v) is 6.40. The number of carbonyl (C=O) groups is 1. The van der Waals surface area contributed by atoms with E-state index in [0.29, 0.717) is 31.9 Å². The fraction of sp³-hybridized carbons (Fsp3) is 0.478. The van der Waals surface area contributed by atoms with Crippen molar-refractivity contribution in [3.05, 3.63) is 51.9 Å². The highest BCUT2D eigenvalue weighted by Crippen LogP contribution is 2.25. The Morgan fingerprint density at radius 1 is 1.22 bits per heavy atom. The van der Waals surface area contributed by atoms with E-state index in [4.69, 9.17) is 11.6 Å². The zero-order chi connectivity index (χ0) is 21.6. The third-order valence-electron chi connectivity index (χ3n) is 6.03. The lowest BCUT2D eigenvalue weighted by molar-refractivity contribution is 0.183. The molecule has 4 rings (SSSR count). The molecule has 0 spiro atoms. The standard InChI is InChI=1S/C23H27ClN6O.ClH/c24-19-9-5-4-6-16(19)10-12-26-22-18-11-13-30(15-20(18)28-21(14-25)29-22)23(31)27-17-7-2-1-3-8-17;/h4-6,9,17H,1-3,7-8,10-13,15H2,(H,27,31)(H,26,28,29);1H.